The van der Waals surface area contributed by atoms with Crippen LogP contribution in [0.1, 0.15) is 5.56 Å². The quantitative estimate of drug-likeness (QED) is 0.554. The largest absolute Gasteiger partial charge is 0.497 e. The third kappa shape index (κ3) is 5.67. The van der Waals surface area contributed by atoms with E-state index in [4.69, 9.17) is 16.3 Å². The van der Waals surface area contributed by atoms with Crippen molar-refractivity contribution in [3.8, 4) is 5.75 Å². The van der Waals surface area contributed by atoms with Gasteiger partial charge in [-0.05, 0) is 53.9 Å². The van der Waals surface area contributed by atoms with Gasteiger partial charge in [-0.3, -0.25) is 4.79 Å². The minimum Gasteiger partial charge on any atom is -0.497 e. The van der Waals surface area contributed by atoms with Crippen molar-refractivity contribution in [2.75, 3.05) is 13.7 Å². The zero-order valence-corrected chi connectivity index (χ0v) is 14.0. The number of carbonyl (C=O) groups excluding carboxylic acids is 1. The van der Waals surface area contributed by atoms with Crippen LogP contribution < -0.4 is 4.74 Å². The molecule has 0 bridgehead atoms. The lowest BCUT2D eigenvalue weighted by molar-refractivity contribution is -0.118. The summed E-state index contributed by atoms with van der Waals surface area (Å²) in [4.78, 5) is 22.7. The van der Waals surface area contributed by atoms with Gasteiger partial charge in [-0.2, -0.15) is 0 Å². The molecule has 0 aromatic heterocycles. The standard InChI is InChI=1S/C16H15ClN2O3S/c1-22-14-6-8-15(9-7-14)23-19(11-16(20)18-21)10-12-2-4-13(17)5-3-12/h2-9H,10-11H2,1H3. The van der Waals surface area contributed by atoms with Crippen LogP contribution in [0.3, 0.4) is 0 Å². The summed E-state index contributed by atoms with van der Waals surface area (Å²) in [6, 6.07) is 14.8. The zero-order valence-electron chi connectivity index (χ0n) is 12.4. The molecule has 2 aromatic rings. The molecule has 0 saturated carbocycles. The summed E-state index contributed by atoms with van der Waals surface area (Å²) in [5, 5.41) is 3.11. The maximum absolute atomic E-state index is 11.4. The fraction of sp³-hybridized carbons (Fsp3) is 0.188. The van der Waals surface area contributed by atoms with E-state index in [1.807, 2.05) is 36.4 Å². The Bertz CT molecular complexity index is 662. The lowest BCUT2D eigenvalue weighted by Gasteiger charge is -2.19. The fourth-order valence-electron chi connectivity index (χ4n) is 1.88. The van der Waals surface area contributed by atoms with Crippen molar-refractivity contribution in [2.45, 2.75) is 11.4 Å². The fourth-order valence-corrected chi connectivity index (χ4v) is 2.95. The second-order valence-electron chi connectivity index (χ2n) is 4.68. The van der Waals surface area contributed by atoms with Crippen molar-refractivity contribution in [3.05, 3.63) is 64.0 Å². The van der Waals surface area contributed by atoms with Gasteiger partial charge in [0.1, 0.15) is 5.75 Å². The number of nitroso groups, excluding NO2 is 1. The summed E-state index contributed by atoms with van der Waals surface area (Å²) in [6.45, 7) is 0.415. The number of methoxy groups -OCH3 is 1. The van der Waals surface area contributed by atoms with Crippen LogP contribution in [-0.4, -0.2) is 23.9 Å². The van der Waals surface area contributed by atoms with Crippen LogP contribution in [-0.2, 0) is 11.3 Å². The van der Waals surface area contributed by atoms with E-state index >= 15 is 0 Å². The number of nitrogens with zero attached hydrogens (tertiary/aromatic N) is 2. The SMILES string of the molecule is COc1ccc(SN(CC(=O)N=O)Cc2ccc(Cl)cc2)cc1. The Hall–Kier alpha value is -1.89. The van der Waals surface area contributed by atoms with Gasteiger partial charge in [-0.15, -0.1) is 4.91 Å². The average Bonchev–Trinajstić information content (AvgIpc) is 2.57. The van der Waals surface area contributed by atoms with E-state index in [-0.39, 0.29) is 6.54 Å². The first-order chi connectivity index (χ1) is 11.1. The van der Waals surface area contributed by atoms with Crippen LogP contribution in [0.4, 0.5) is 0 Å². The van der Waals surface area contributed by atoms with E-state index in [1.165, 1.54) is 11.9 Å². The highest BCUT2D eigenvalue weighted by Gasteiger charge is 2.14. The van der Waals surface area contributed by atoms with Crippen LogP contribution >= 0.6 is 23.5 Å². The Balaban J connectivity index is 2.10. The molecule has 0 fully saturated rings. The molecule has 120 valence electrons. The molecule has 0 radical (unpaired) electrons. The molecule has 1 amide bonds. The second-order valence-corrected chi connectivity index (χ2v) is 6.28. The first-order valence-corrected chi connectivity index (χ1v) is 7.93. The summed E-state index contributed by atoms with van der Waals surface area (Å²) in [5.74, 6) is 0.0456. The summed E-state index contributed by atoms with van der Waals surface area (Å²) in [6.07, 6.45) is 0. The number of amides is 1. The van der Waals surface area contributed by atoms with Gasteiger partial charge in [0.25, 0.3) is 0 Å². The summed E-state index contributed by atoms with van der Waals surface area (Å²) in [7, 11) is 1.60. The number of hydrogen-bond donors (Lipinski definition) is 0. The summed E-state index contributed by atoms with van der Waals surface area (Å²) in [5.41, 5.74) is 0.981. The van der Waals surface area contributed by atoms with Crippen LogP contribution in [0.2, 0.25) is 5.02 Å². The monoisotopic (exact) mass is 350 g/mol. The Morgan fingerprint density at radius 2 is 1.83 bits per heavy atom. The maximum atomic E-state index is 11.4. The molecule has 7 heteroatoms. The molecule has 0 N–H and O–H groups in total. The van der Waals surface area contributed by atoms with E-state index < -0.39 is 5.91 Å². The number of carbonyl (C=O) groups is 1. The van der Waals surface area contributed by atoms with Crippen LogP contribution in [0.15, 0.2) is 58.6 Å². The molecule has 23 heavy (non-hydrogen) atoms. The number of hydrogen-bond acceptors (Lipinski definition) is 5. The third-order valence-corrected chi connectivity index (χ3v) is 4.23. The molecule has 0 saturated heterocycles. The van der Waals surface area contributed by atoms with Crippen LogP contribution in [0.25, 0.3) is 0 Å². The smallest absolute Gasteiger partial charge is 0.301 e. The number of benzene rings is 2. The normalized spacial score (nSPS) is 10.6. The molecule has 0 atom stereocenters. The van der Waals surface area contributed by atoms with Crippen LogP contribution in [0.5, 0.6) is 5.75 Å². The van der Waals surface area contributed by atoms with Crippen molar-refractivity contribution in [1.82, 2.24) is 4.31 Å². The molecule has 0 heterocycles. The van der Waals surface area contributed by atoms with Crippen LogP contribution in [0, 0.1) is 4.91 Å². The third-order valence-electron chi connectivity index (χ3n) is 2.98. The highest BCUT2D eigenvalue weighted by Crippen LogP contribution is 2.26. The zero-order chi connectivity index (χ0) is 16.7. The van der Waals surface area contributed by atoms with Gasteiger partial charge in [0.05, 0.1) is 13.7 Å². The highest BCUT2D eigenvalue weighted by atomic mass is 35.5. The number of rotatable bonds is 7. The lowest BCUT2D eigenvalue weighted by Crippen LogP contribution is -2.22. The topological polar surface area (TPSA) is 59.0 Å². The molecular weight excluding hydrogens is 336 g/mol. The lowest BCUT2D eigenvalue weighted by atomic mass is 10.2. The predicted molar refractivity (Wildman–Crippen MR) is 91.5 cm³/mol. The Morgan fingerprint density at radius 3 is 2.39 bits per heavy atom. The Morgan fingerprint density at radius 1 is 1.17 bits per heavy atom. The van der Waals surface area contributed by atoms with Crippen molar-refractivity contribution in [1.29, 1.82) is 0 Å². The van der Waals surface area contributed by atoms with Gasteiger partial charge in [0.2, 0.25) is 0 Å². The predicted octanol–water partition coefficient (Wildman–Crippen LogP) is 4.15. The van der Waals surface area contributed by atoms with E-state index in [9.17, 15) is 9.70 Å². The van der Waals surface area contributed by atoms with E-state index in [0.29, 0.717) is 11.6 Å². The van der Waals surface area contributed by atoms with Gasteiger partial charge >= 0.3 is 5.91 Å². The molecule has 0 aliphatic rings. The van der Waals surface area contributed by atoms with Gasteiger partial charge < -0.3 is 4.74 Å². The van der Waals surface area contributed by atoms with E-state index in [0.717, 1.165) is 16.2 Å². The number of ether oxygens (including phenoxy) is 1. The van der Waals surface area contributed by atoms with Crippen molar-refractivity contribution in [3.63, 3.8) is 0 Å². The first kappa shape index (κ1) is 17.5. The van der Waals surface area contributed by atoms with Crippen molar-refractivity contribution < 1.29 is 9.53 Å². The molecule has 2 aromatic carbocycles. The summed E-state index contributed by atoms with van der Waals surface area (Å²) < 4.78 is 6.89. The average molecular weight is 351 g/mol. The number of halogens is 1. The minimum absolute atomic E-state index is 0.0666. The van der Waals surface area contributed by atoms with Gasteiger partial charge in [-0.25, -0.2) is 4.31 Å². The minimum atomic E-state index is -0.708. The van der Waals surface area contributed by atoms with E-state index in [1.54, 1.807) is 23.5 Å². The molecule has 0 spiro atoms. The molecule has 0 aliphatic heterocycles. The van der Waals surface area contributed by atoms with Gasteiger partial charge in [0, 0.05) is 21.6 Å². The molecule has 0 unspecified atom stereocenters. The second kappa shape index (κ2) is 8.67. The Labute approximate surface area is 143 Å². The van der Waals surface area contributed by atoms with Crippen molar-refractivity contribution >= 4 is 29.5 Å². The van der Waals surface area contributed by atoms with Gasteiger partial charge in [0.15, 0.2) is 0 Å². The van der Waals surface area contributed by atoms with Crippen molar-refractivity contribution in [2.24, 2.45) is 5.18 Å². The van der Waals surface area contributed by atoms with Gasteiger partial charge in [-0.1, -0.05) is 23.7 Å². The molecule has 0 aliphatic carbocycles. The first-order valence-electron chi connectivity index (χ1n) is 6.78. The van der Waals surface area contributed by atoms with E-state index in [2.05, 4.69) is 5.18 Å². The molecule has 5 nitrogen and oxygen atoms in total. The molecular formula is C16H15ClN2O3S. The Kier molecular flexibility index (Phi) is 6.58. The molecule has 2 rings (SSSR count). The highest BCUT2D eigenvalue weighted by molar-refractivity contribution is 7.97. The summed E-state index contributed by atoms with van der Waals surface area (Å²) >= 11 is 7.25. The maximum Gasteiger partial charge on any atom is 0.301 e.